The van der Waals surface area contributed by atoms with Crippen LogP contribution in [0.4, 0.5) is 0 Å². The van der Waals surface area contributed by atoms with Crippen LogP contribution in [0.5, 0.6) is 0 Å². The van der Waals surface area contributed by atoms with Gasteiger partial charge in [0.2, 0.25) is 0 Å². The van der Waals surface area contributed by atoms with E-state index < -0.39 is 0 Å². The van der Waals surface area contributed by atoms with Crippen LogP contribution >= 0.6 is 0 Å². The molecule has 0 aromatic rings. The lowest BCUT2D eigenvalue weighted by Gasteiger charge is -2.17. The summed E-state index contributed by atoms with van der Waals surface area (Å²) in [6.07, 6.45) is 12.8. The lowest BCUT2D eigenvalue weighted by Crippen LogP contribution is -2.29. The molecule has 1 saturated carbocycles. The largest absolute Gasteiger partial charge is 0.378 e. The summed E-state index contributed by atoms with van der Waals surface area (Å²) in [7, 11) is 0. The molecule has 17 heavy (non-hydrogen) atoms. The average Bonchev–Trinajstić information content (AvgIpc) is 2.75. The maximum atomic E-state index is 5.65. The van der Waals surface area contributed by atoms with Crippen LogP contribution in [0.15, 0.2) is 0 Å². The van der Waals surface area contributed by atoms with Gasteiger partial charge in [0.15, 0.2) is 0 Å². The highest BCUT2D eigenvalue weighted by Gasteiger charge is 2.17. The molecule has 0 amide bonds. The Morgan fingerprint density at radius 1 is 1.06 bits per heavy atom. The minimum absolute atomic E-state index is 0.575. The zero-order chi connectivity index (χ0) is 11.9. The van der Waals surface area contributed by atoms with Crippen molar-refractivity contribution < 1.29 is 4.74 Å². The Labute approximate surface area is 107 Å². The summed E-state index contributed by atoms with van der Waals surface area (Å²) in [5.74, 6) is 0.952. The molecule has 0 radical (unpaired) electrons. The van der Waals surface area contributed by atoms with Gasteiger partial charge in [0.05, 0.1) is 6.10 Å². The zero-order valence-corrected chi connectivity index (χ0v) is 11.4. The van der Waals surface area contributed by atoms with E-state index in [4.69, 9.17) is 4.74 Å². The smallest absolute Gasteiger partial charge is 0.0576 e. The molecule has 2 rings (SSSR count). The molecule has 100 valence electrons. The van der Waals surface area contributed by atoms with Crippen molar-refractivity contribution in [2.45, 2.75) is 76.9 Å². The topological polar surface area (TPSA) is 21.3 Å². The third-order valence-corrected chi connectivity index (χ3v) is 4.42. The van der Waals surface area contributed by atoms with E-state index in [2.05, 4.69) is 12.2 Å². The Bertz CT molecular complexity index is 201. The van der Waals surface area contributed by atoms with Gasteiger partial charge in [0.25, 0.3) is 0 Å². The second-order valence-electron chi connectivity index (χ2n) is 6.04. The third-order valence-electron chi connectivity index (χ3n) is 4.42. The zero-order valence-electron chi connectivity index (χ0n) is 11.4. The van der Waals surface area contributed by atoms with E-state index in [1.54, 1.807) is 0 Å². The van der Waals surface area contributed by atoms with Crippen LogP contribution in [-0.4, -0.2) is 25.3 Å². The van der Waals surface area contributed by atoms with E-state index in [0.717, 1.165) is 18.6 Å². The van der Waals surface area contributed by atoms with Crippen LogP contribution in [-0.2, 0) is 4.74 Å². The molecule has 1 saturated heterocycles. The SMILES string of the molecule is CC1CCCC(NCCCC2CCCO2)CC1. The van der Waals surface area contributed by atoms with Crippen LogP contribution in [0.3, 0.4) is 0 Å². The summed E-state index contributed by atoms with van der Waals surface area (Å²) >= 11 is 0. The predicted octanol–water partition coefficient (Wildman–Crippen LogP) is 3.50. The van der Waals surface area contributed by atoms with Gasteiger partial charge < -0.3 is 10.1 Å². The lowest BCUT2D eigenvalue weighted by atomic mass is 10.0. The van der Waals surface area contributed by atoms with Gasteiger partial charge in [-0.3, -0.25) is 0 Å². The molecular weight excluding hydrogens is 210 g/mol. The van der Waals surface area contributed by atoms with Gasteiger partial charge >= 0.3 is 0 Å². The number of hydrogen-bond donors (Lipinski definition) is 1. The highest BCUT2D eigenvalue weighted by molar-refractivity contribution is 4.73. The molecule has 1 heterocycles. The van der Waals surface area contributed by atoms with Gasteiger partial charge in [-0.1, -0.05) is 19.8 Å². The first kappa shape index (κ1) is 13.4. The predicted molar refractivity (Wildman–Crippen MR) is 72.2 cm³/mol. The number of ether oxygens (including phenoxy) is 1. The molecule has 1 N–H and O–H groups in total. The average molecular weight is 239 g/mol. The maximum absolute atomic E-state index is 5.65. The molecule has 2 nitrogen and oxygen atoms in total. The number of nitrogens with one attached hydrogen (secondary N) is 1. The number of rotatable bonds is 5. The minimum atomic E-state index is 0.575. The molecule has 0 aromatic carbocycles. The quantitative estimate of drug-likeness (QED) is 0.585. The summed E-state index contributed by atoms with van der Waals surface area (Å²) in [6.45, 7) is 4.59. The summed E-state index contributed by atoms with van der Waals surface area (Å²) < 4.78 is 5.65. The molecule has 0 aromatic heterocycles. The Morgan fingerprint density at radius 3 is 2.82 bits per heavy atom. The molecule has 0 spiro atoms. The molecule has 3 unspecified atom stereocenters. The standard InChI is InChI=1S/C15H29NO/c1-13-5-2-6-14(10-9-13)16-11-3-7-15-8-4-12-17-15/h13-16H,2-12H2,1H3. The van der Waals surface area contributed by atoms with Gasteiger partial charge in [-0.2, -0.15) is 0 Å². The van der Waals surface area contributed by atoms with Gasteiger partial charge in [0, 0.05) is 12.6 Å². The second kappa shape index (κ2) is 7.38. The molecule has 0 bridgehead atoms. The van der Waals surface area contributed by atoms with Crippen molar-refractivity contribution in [3.63, 3.8) is 0 Å². The van der Waals surface area contributed by atoms with Gasteiger partial charge in [-0.05, 0) is 57.4 Å². The maximum Gasteiger partial charge on any atom is 0.0576 e. The van der Waals surface area contributed by atoms with Crippen molar-refractivity contribution >= 4 is 0 Å². The van der Waals surface area contributed by atoms with E-state index in [-0.39, 0.29) is 0 Å². The lowest BCUT2D eigenvalue weighted by molar-refractivity contribution is 0.102. The Kier molecular flexibility index (Phi) is 5.79. The molecule has 3 atom stereocenters. The Balaban J connectivity index is 1.52. The number of hydrogen-bond acceptors (Lipinski definition) is 2. The first-order valence-electron chi connectivity index (χ1n) is 7.69. The van der Waals surface area contributed by atoms with Crippen molar-refractivity contribution in [1.29, 1.82) is 0 Å². The summed E-state index contributed by atoms with van der Waals surface area (Å²) in [6, 6.07) is 0.796. The monoisotopic (exact) mass is 239 g/mol. The van der Waals surface area contributed by atoms with E-state index >= 15 is 0 Å². The highest BCUT2D eigenvalue weighted by Crippen LogP contribution is 2.22. The molecule has 2 aliphatic rings. The van der Waals surface area contributed by atoms with E-state index in [9.17, 15) is 0 Å². The van der Waals surface area contributed by atoms with E-state index in [0.29, 0.717) is 6.10 Å². The van der Waals surface area contributed by atoms with Crippen molar-refractivity contribution in [2.75, 3.05) is 13.2 Å². The van der Waals surface area contributed by atoms with Gasteiger partial charge in [-0.15, -0.1) is 0 Å². The highest BCUT2D eigenvalue weighted by atomic mass is 16.5. The summed E-state index contributed by atoms with van der Waals surface area (Å²) in [5.41, 5.74) is 0. The first-order chi connectivity index (χ1) is 8.34. The Hall–Kier alpha value is -0.0800. The van der Waals surface area contributed by atoms with Crippen LogP contribution in [0.25, 0.3) is 0 Å². The normalized spacial score (nSPS) is 34.8. The van der Waals surface area contributed by atoms with E-state index in [1.807, 2.05) is 0 Å². The molecular formula is C15H29NO. The second-order valence-corrected chi connectivity index (χ2v) is 6.04. The van der Waals surface area contributed by atoms with Crippen LogP contribution in [0, 0.1) is 5.92 Å². The molecule has 2 fully saturated rings. The summed E-state index contributed by atoms with van der Waals surface area (Å²) in [5, 5.41) is 3.75. The van der Waals surface area contributed by atoms with Crippen molar-refractivity contribution in [3.8, 4) is 0 Å². The molecule has 1 aliphatic carbocycles. The molecule has 2 heteroatoms. The van der Waals surface area contributed by atoms with Crippen LogP contribution in [0.2, 0.25) is 0 Å². The fourth-order valence-electron chi connectivity index (χ4n) is 3.20. The first-order valence-corrected chi connectivity index (χ1v) is 7.69. The van der Waals surface area contributed by atoms with Crippen LogP contribution in [0.1, 0.15) is 64.7 Å². The molecule has 1 aliphatic heterocycles. The minimum Gasteiger partial charge on any atom is -0.378 e. The Morgan fingerprint density at radius 2 is 2.00 bits per heavy atom. The van der Waals surface area contributed by atoms with Crippen molar-refractivity contribution in [2.24, 2.45) is 5.92 Å². The van der Waals surface area contributed by atoms with E-state index in [1.165, 1.54) is 64.3 Å². The van der Waals surface area contributed by atoms with Crippen LogP contribution < -0.4 is 5.32 Å². The fraction of sp³-hybridized carbons (Fsp3) is 1.00. The summed E-state index contributed by atoms with van der Waals surface area (Å²) in [4.78, 5) is 0. The van der Waals surface area contributed by atoms with Gasteiger partial charge in [-0.25, -0.2) is 0 Å². The fourth-order valence-corrected chi connectivity index (χ4v) is 3.20. The van der Waals surface area contributed by atoms with Crippen molar-refractivity contribution in [3.05, 3.63) is 0 Å². The van der Waals surface area contributed by atoms with Crippen molar-refractivity contribution in [1.82, 2.24) is 5.32 Å². The van der Waals surface area contributed by atoms with Gasteiger partial charge in [0.1, 0.15) is 0 Å². The third kappa shape index (κ3) is 4.97.